The van der Waals surface area contributed by atoms with Crippen LogP contribution in [0.1, 0.15) is 25.8 Å². The number of hydrogen-bond acceptors (Lipinski definition) is 8. The Labute approximate surface area is 191 Å². The summed E-state index contributed by atoms with van der Waals surface area (Å²) in [5.74, 6) is -0.504. The van der Waals surface area contributed by atoms with Gasteiger partial charge in [0.1, 0.15) is 12.9 Å². The molecule has 176 valence electrons. The first-order chi connectivity index (χ1) is 15.4. The number of esters is 2. The second-order valence-corrected chi connectivity index (χ2v) is 9.88. The molecule has 1 aromatic carbocycles. The van der Waals surface area contributed by atoms with Gasteiger partial charge >= 0.3 is 11.9 Å². The van der Waals surface area contributed by atoms with Gasteiger partial charge in [-0.3, -0.25) is 29.2 Å². The maximum absolute atomic E-state index is 12.5. The van der Waals surface area contributed by atoms with Crippen molar-refractivity contribution >= 4 is 11.9 Å². The molecule has 0 amide bonds. The van der Waals surface area contributed by atoms with Crippen molar-refractivity contribution in [2.45, 2.75) is 33.2 Å². The first kappa shape index (κ1) is 23.2. The predicted octanol–water partition coefficient (Wildman–Crippen LogP) is 1.22. The molecule has 1 aromatic rings. The van der Waals surface area contributed by atoms with Gasteiger partial charge in [-0.25, -0.2) is 0 Å². The fourth-order valence-corrected chi connectivity index (χ4v) is 4.78. The zero-order valence-electron chi connectivity index (χ0n) is 19.4. The van der Waals surface area contributed by atoms with Crippen molar-refractivity contribution in [3.8, 4) is 0 Å². The molecule has 8 nitrogen and oxygen atoms in total. The summed E-state index contributed by atoms with van der Waals surface area (Å²) >= 11 is 0. The minimum absolute atomic E-state index is 0.204. The van der Waals surface area contributed by atoms with Gasteiger partial charge in [0.2, 0.25) is 0 Å². The predicted molar refractivity (Wildman–Crippen MR) is 121 cm³/mol. The highest BCUT2D eigenvalue weighted by Gasteiger charge is 2.41. The Morgan fingerprint density at radius 2 is 1.41 bits per heavy atom. The molecule has 0 spiro atoms. The molecule has 0 atom stereocenters. The van der Waals surface area contributed by atoms with E-state index in [-0.39, 0.29) is 31.6 Å². The Bertz CT molecular complexity index is 767. The number of benzene rings is 1. The standard InChI is InChI=1S/C24H36N4O4/c1-24(2,16-21(29)31-18-20-6-4-3-5-7-20)19-32-22(30)17-25-8-10-26-12-14-28-15-13-27(11-9-25)23(26)28/h3-7,23H,8-19H2,1-2H3. The zero-order valence-corrected chi connectivity index (χ0v) is 19.4. The molecule has 32 heavy (non-hydrogen) atoms. The summed E-state index contributed by atoms with van der Waals surface area (Å²) in [5.41, 5.74) is 0.488. The van der Waals surface area contributed by atoms with Gasteiger partial charge in [0.25, 0.3) is 0 Å². The molecule has 3 fully saturated rings. The molecule has 0 saturated carbocycles. The third-order valence-electron chi connectivity index (χ3n) is 6.58. The highest BCUT2D eigenvalue weighted by atomic mass is 16.5. The third kappa shape index (κ3) is 6.07. The van der Waals surface area contributed by atoms with E-state index in [4.69, 9.17) is 9.47 Å². The number of carbonyl (C=O) groups excluding carboxylic acids is 2. The Morgan fingerprint density at radius 3 is 2.00 bits per heavy atom. The molecule has 0 unspecified atom stereocenters. The molecule has 0 bridgehead atoms. The smallest absolute Gasteiger partial charge is 0.320 e. The van der Waals surface area contributed by atoms with Crippen molar-refractivity contribution in [2.24, 2.45) is 5.41 Å². The average molecular weight is 445 g/mol. The fourth-order valence-electron chi connectivity index (χ4n) is 4.78. The lowest BCUT2D eigenvalue weighted by Gasteiger charge is -2.37. The van der Waals surface area contributed by atoms with Crippen molar-refractivity contribution in [2.75, 3.05) is 65.5 Å². The van der Waals surface area contributed by atoms with Crippen molar-refractivity contribution in [3.05, 3.63) is 35.9 Å². The van der Waals surface area contributed by atoms with Crippen molar-refractivity contribution in [1.82, 2.24) is 19.6 Å². The first-order valence-electron chi connectivity index (χ1n) is 11.7. The van der Waals surface area contributed by atoms with E-state index in [1.54, 1.807) is 0 Å². The molecule has 3 heterocycles. The van der Waals surface area contributed by atoms with Gasteiger partial charge in [-0.1, -0.05) is 44.2 Å². The van der Waals surface area contributed by atoms with Crippen LogP contribution in [0.3, 0.4) is 0 Å². The molecule has 0 radical (unpaired) electrons. The lowest BCUT2D eigenvalue weighted by Crippen LogP contribution is -2.53. The highest BCUT2D eigenvalue weighted by molar-refractivity contribution is 5.72. The summed E-state index contributed by atoms with van der Waals surface area (Å²) in [6, 6.07) is 9.62. The van der Waals surface area contributed by atoms with Crippen LogP contribution in [0.2, 0.25) is 0 Å². The van der Waals surface area contributed by atoms with Gasteiger partial charge in [0.15, 0.2) is 0 Å². The van der Waals surface area contributed by atoms with E-state index in [0.717, 1.165) is 57.9 Å². The number of nitrogens with zero attached hydrogens (tertiary/aromatic N) is 4. The summed E-state index contributed by atoms with van der Waals surface area (Å²) in [6.07, 6.45) is 0.671. The van der Waals surface area contributed by atoms with E-state index < -0.39 is 5.41 Å². The van der Waals surface area contributed by atoms with Crippen LogP contribution in [-0.2, 0) is 25.7 Å². The van der Waals surface area contributed by atoms with E-state index >= 15 is 0 Å². The van der Waals surface area contributed by atoms with Gasteiger partial charge in [-0.05, 0) is 5.56 Å². The fraction of sp³-hybridized carbons (Fsp3) is 0.667. The number of ether oxygens (including phenoxy) is 2. The SMILES string of the molecule is CC(C)(COC(=O)CN1CCN2CCN3CCN(CC1)C23)CC(=O)OCc1ccccc1. The van der Waals surface area contributed by atoms with E-state index in [2.05, 4.69) is 19.6 Å². The third-order valence-corrected chi connectivity index (χ3v) is 6.58. The Kier molecular flexibility index (Phi) is 7.45. The molecule has 8 heteroatoms. The summed E-state index contributed by atoms with van der Waals surface area (Å²) in [4.78, 5) is 34.6. The molecule has 3 saturated heterocycles. The van der Waals surface area contributed by atoms with Gasteiger partial charge in [0, 0.05) is 57.8 Å². The topological polar surface area (TPSA) is 65.6 Å². The molecule has 0 aliphatic carbocycles. The quantitative estimate of drug-likeness (QED) is 0.555. The lowest BCUT2D eigenvalue weighted by molar-refractivity contribution is -0.154. The number of rotatable bonds is 8. The summed E-state index contributed by atoms with van der Waals surface area (Å²) in [7, 11) is 0. The van der Waals surface area contributed by atoms with E-state index in [0.29, 0.717) is 12.8 Å². The second-order valence-electron chi connectivity index (χ2n) is 9.88. The van der Waals surface area contributed by atoms with Crippen molar-refractivity contribution in [3.63, 3.8) is 0 Å². The lowest BCUT2D eigenvalue weighted by atomic mass is 9.90. The van der Waals surface area contributed by atoms with Crippen LogP contribution >= 0.6 is 0 Å². The number of hydrogen-bond donors (Lipinski definition) is 0. The molecule has 0 aromatic heterocycles. The van der Waals surface area contributed by atoms with Crippen LogP contribution in [0, 0.1) is 5.41 Å². The van der Waals surface area contributed by atoms with Crippen LogP contribution < -0.4 is 0 Å². The van der Waals surface area contributed by atoms with Crippen LogP contribution in [-0.4, -0.2) is 103 Å². The van der Waals surface area contributed by atoms with E-state index in [1.165, 1.54) is 0 Å². The normalized spacial score (nSPS) is 21.2. The Morgan fingerprint density at radius 1 is 0.844 bits per heavy atom. The van der Waals surface area contributed by atoms with Gasteiger partial charge in [-0.2, -0.15) is 0 Å². The maximum atomic E-state index is 12.5. The molecule has 3 aliphatic rings. The number of carbonyl (C=O) groups is 2. The van der Waals surface area contributed by atoms with Crippen molar-refractivity contribution < 1.29 is 19.1 Å². The highest BCUT2D eigenvalue weighted by Crippen LogP contribution is 2.25. The van der Waals surface area contributed by atoms with Crippen LogP contribution in [0.5, 0.6) is 0 Å². The maximum Gasteiger partial charge on any atom is 0.320 e. The van der Waals surface area contributed by atoms with Crippen molar-refractivity contribution in [1.29, 1.82) is 0 Å². The van der Waals surface area contributed by atoms with Crippen LogP contribution in [0.4, 0.5) is 0 Å². The summed E-state index contributed by atoms with van der Waals surface area (Å²) in [6.45, 7) is 12.8. The van der Waals surface area contributed by atoms with Crippen LogP contribution in [0.15, 0.2) is 30.3 Å². The van der Waals surface area contributed by atoms with E-state index in [1.807, 2.05) is 44.2 Å². The largest absolute Gasteiger partial charge is 0.464 e. The Hall–Kier alpha value is -2.00. The van der Waals surface area contributed by atoms with E-state index in [9.17, 15) is 9.59 Å². The first-order valence-corrected chi connectivity index (χ1v) is 11.7. The molecule has 3 aliphatic heterocycles. The summed E-state index contributed by atoms with van der Waals surface area (Å²) in [5, 5.41) is 0. The second kappa shape index (κ2) is 10.3. The van der Waals surface area contributed by atoms with Gasteiger partial charge in [-0.15, -0.1) is 0 Å². The molecule has 4 rings (SSSR count). The minimum Gasteiger partial charge on any atom is -0.464 e. The zero-order chi connectivity index (χ0) is 22.6. The van der Waals surface area contributed by atoms with Gasteiger partial charge in [0.05, 0.1) is 19.6 Å². The molecular formula is C24H36N4O4. The minimum atomic E-state index is -0.471. The molecule has 0 N–H and O–H groups in total. The average Bonchev–Trinajstić information content (AvgIpc) is 3.33. The molecular weight excluding hydrogens is 408 g/mol. The van der Waals surface area contributed by atoms with Gasteiger partial charge < -0.3 is 9.47 Å². The summed E-state index contributed by atoms with van der Waals surface area (Å²) < 4.78 is 10.9. The van der Waals surface area contributed by atoms with Crippen LogP contribution in [0.25, 0.3) is 0 Å². The monoisotopic (exact) mass is 444 g/mol. The Balaban J connectivity index is 1.18.